The summed E-state index contributed by atoms with van der Waals surface area (Å²) in [6.45, 7) is 6.39. The van der Waals surface area contributed by atoms with Gasteiger partial charge in [-0.1, -0.05) is 53.5 Å². The lowest BCUT2D eigenvalue weighted by atomic mass is 10.1. The van der Waals surface area contributed by atoms with Gasteiger partial charge in [-0.15, -0.1) is 6.58 Å². The number of nitriles is 1. The SMILES string of the molecule is C=CCn1c(C)c(/C=C(\C#N)C(=O)Nc2cccc(Cl)c2Cl)c2ccccc21. The van der Waals surface area contributed by atoms with E-state index in [1.807, 2.05) is 43.3 Å². The summed E-state index contributed by atoms with van der Waals surface area (Å²) in [5, 5.41) is 13.7. The minimum absolute atomic E-state index is 0.0272. The summed E-state index contributed by atoms with van der Waals surface area (Å²) >= 11 is 12.1. The van der Waals surface area contributed by atoms with E-state index in [1.54, 1.807) is 24.3 Å². The first kappa shape index (κ1) is 19.8. The van der Waals surface area contributed by atoms with E-state index < -0.39 is 5.91 Å². The Balaban J connectivity index is 2.05. The number of para-hydroxylation sites is 1. The second-order valence-electron chi connectivity index (χ2n) is 6.14. The molecule has 4 nitrogen and oxygen atoms in total. The quantitative estimate of drug-likeness (QED) is 0.319. The third kappa shape index (κ3) is 3.68. The summed E-state index contributed by atoms with van der Waals surface area (Å²) in [6, 6.07) is 14.8. The molecule has 3 aromatic rings. The predicted molar refractivity (Wildman–Crippen MR) is 116 cm³/mol. The molecule has 1 aromatic heterocycles. The molecule has 140 valence electrons. The van der Waals surface area contributed by atoms with Crippen LogP contribution in [0.5, 0.6) is 0 Å². The van der Waals surface area contributed by atoms with Crippen molar-refractivity contribution in [2.75, 3.05) is 5.32 Å². The van der Waals surface area contributed by atoms with Gasteiger partial charge in [0, 0.05) is 28.7 Å². The topological polar surface area (TPSA) is 57.8 Å². The van der Waals surface area contributed by atoms with Crippen molar-refractivity contribution >= 4 is 51.8 Å². The monoisotopic (exact) mass is 409 g/mol. The van der Waals surface area contributed by atoms with E-state index in [0.717, 1.165) is 22.2 Å². The predicted octanol–water partition coefficient (Wildman–Crippen LogP) is 5.99. The number of hydrogen-bond acceptors (Lipinski definition) is 2. The van der Waals surface area contributed by atoms with Crippen molar-refractivity contribution < 1.29 is 4.79 Å². The molecule has 28 heavy (non-hydrogen) atoms. The number of nitrogens with zero attached hydrogens (tertiary/aromatic N) is 2. The molecule has 0 bridgehead atoms. The van der Waals surface area contributed by atoms with E-state index in [4.69, 9.17) is 23.2 Å². The number of allylic oxidation sites excluding steroid dienone is 1. The van der Waals surface area contributed by atoms with Gasteiger partial charge in [-0.05, 0) is 31.2 Å². The van der Waals surface area contributed by atoms with Crippen molar-refractivity contribution in [3.8, 4) is 6.07 Å². The lowest BCUT2D eigenvalue weighted by Gasteiger charge is -2.08. The van der Waals surface area contributed by atoms with Crippen LogP contribution in [0.3, 0.4) is 0 Å². The van der Waals surface area contributed by atoms with Gasteiger partial charge in [-0.3, -0.25) is 4.79 Å². The second-order valence-corrected chi connectivity index (χ2v) is 6.93. The Morgan fingerprint density at radius 3 is 2.71 bits per heavy atom. The zero-order chi connectivity index (χ0) is 20.3. The number of halogens is 2. The average molecular weight is 410 g/mol. The first-order valence-electron chi connectivity index (χ1n) is 8.53. The number of carbonyl (C=O) groups excluding carboxylic acids is 1. The Kier molecular flexibility index (Phi) is 5.89. The molecule has 0 aliphatic rings. The first-order chi connectivity index (χ1) is 13.5. The Hall–Kier alpha value is -3.00. The summed E-state index contributed by atoms with van der Waals surface area (Å²) in [6.07, 6.45) is 3.41. The molecule has 1 N–H and O–H groups in total. The minimum atomic E-state index is -0.549. The van der Waals surface area contributed by atoms with Crippen LogP contribution >= 0.6 is 23.2 Å². The van der Waals surface area contributed by atoms with E-state index in [-0.39, 0.29) is 10.6 Å². The van der Waals surface area contributed by atoms with Crippen LogP contribution < -0.4 is 5.32 Å². The highest BCUT2D eigenvalue weighted by Crippen LogP contribution is 2.31. The standard InChI is InChI=1S/C22H17Cl2N3O/c1-3-11-27-14(2)17(16-7-4-5-10-20(16)27)12-15(13-25)22(28)26-19-9-6-8-18(23)21(19)24/h3-10,12H,1,11H2,2H3,(H,26,28)/b15-12+. The van der Waals surface area contributed by atoms with E-state index in [2.05, 4.69) is 16.5 Å². The maximum absolute atomic E-state index is 12.7. The molecule has 0 aliphatic heterocycles. The van der Waals surface area contributed by atoms with Crippen molar-refractivity contribution in [3.05, 3.63) is 82.0 Å². The molecule has 3 rings (SSSR count). The van der Waals surface area contributed by atoms with Crippen LogP contribution in [0, 0.1) is 18.3 Å². The van der Waals surface area contributed by atoms with Crippen LogP contribution in [0.2, 0.25) is 10.0 Å². The molecule has 1 heterocycles. The van der Waals surface area contributed by atoms with Crippen LogP contribution in [-0.2, 0) is 11.3 Å². The molecule has 0 radical (unpaired) electrons. The molecule has 0 saturated carbocycles. The normalized spacial score (nSPS) is 11.3. The highest BCUT2D eigenvalue weighted by atomic mass is 35.5. The number of amides is 1. The van der Waals surface area contributed by atoms with Crippen molar-refractivity contribution in [2.24, 2.45) is 0 Å². The number of aromatic nitrogens is 1. The average Bonchev–Trinajstić information content (AvgIpc) is 2.95. The summed E-state index contributed by atoms with van der Waals surface area (Å²) in [4.78, 5) is 12.7. The molecule has 0 unspecified atom stereocenters. The van der Waals surface area contributed by atoms with Gasteiger partial charge in [0.05, 0.1) is 15.7 Å². The highest BCUT2D eigenvalue weighted by Gasteiger charge is 2.16. The zero-order valence-corrected chi connectivity index (χ0v) is 16.7. The van der Waals surface area contributed by atoms with E-state index in [0.29, 0.717) is 17.3 Å². The van der Waals surface area contributed by atoms with E-state index in [9.17, 15) is 10.1 Å². The molecule has 0 aliphatic carbocycles. The number of carbonyl (C=O) groups is 1. The molecule has 0 saturated heterocycles. The summed E-state index contributed by atoms with van der Waals surface area (Å²) in [5.41, 5.74) is 3.11. The van der Waals surface area contributed by atoms with E-state index in [1.165, 1.54) is 0 Å². The van der Waals surface area contributed by atoms with Crippen molar-refractivity contribution in [1.82, 2.24) is 4.57 Å². The largest absolute Gasteiger partial charge is 0.340 e. The van der Waals surface area contributed by atoms with Gasteiger partial charge in [-0.25, -0.2) is 0 Å². The van der Waals surface area contributed by atoms with Gasteiger partial charge in [0.1, 0.15) is 11.6 Å². The van der Waals surface area contributed by atoms with Gasteiger partial charge in [0.2, 0.25) is 0 Å². The number of fused-ring (bicyclic) bond motifs is 1. The van der Waals surface area contributed by atoms with Crippen molar-refractivity contribution in [1.29, 1.82) is 5.26 Å². The third-order valence-corrected chi connectivity index (χ3v) is 5.26. The van der Waals surface area contributed by atoms with Gasteiger partial charge in [0.25, 0.3) is 5.91 Å². The molecular weight excluding hydrogens is 393 g/mol. The van der Waals surface area contributed by atoms with Crippen molar-refractivity contribution in [2.45, 2.75) is 13.5 Å². The molecule has 6 heteroatoms. The lowest BCUT2D eigenvalue weighted by Crippen LogP contribution is -2.13. The summed E-state index contributed by atoms with van der Waals surface area (Å²) < 4.78 is 2.09. The second kappa shape index (κ2) is 8.35. The van der Waals surface area contributed by atoms with Crippen LogP contribution in [0.15, 0.2) is 60.7 Å². The Morgan fingerprint density at radius 1 is 1.25 bits per heavy atom. The summed E-state index contributed by atoms with van der Waals surface area (Å²) in [5.74, 6) is -0.549. The van der Waals surface area contributed by atoms with Crippen LogP contribution in [0.1, 0.15) is 11.3 Å². The van der Waals surface area contributed by atoms with E-state index >= 15 is 0 Å². The fourth-order valence-electron chi connectivity index (χ4n) is 3.09. The number of rotatable bonds is 5. The summed E-state index contributed by atoms with van der Waals surface area (Å²) in [7, 11) is 0. The number of nitrogens with one attached hydrogen (secondary N) is 1. The fraction of sp³-hybridized carbons (Fsp3) is 0.0909. The Morgan fingerprint density at radius 2 is 2.00 bits per heavy atom. The smallest absolute Gasteiger partial charge is 0.266 e. The third-order valence-electron chi connectivity index (χ3n) is 4.44. The number of hydrogen-bond donors (Lipinski definition) is 1. The van der Waals surface area contributed by atoms with Gasteiger partial charge >= 0.3 is 0 Å². The maximum Gasteiger partial charge on any atom is 0.266 e. The fourth-order valence-corrected chi connectivity index (χ4v) is 3.43. The van der Waals surface area contributed by atoms with Gasteiger partial charge in [-0.2, -0.15) is 5.26 Å². The highest BCUT2D eigenvalue weighted by molar-refractivity contribution is 6.44. The Labute approximate surface area is 173 Å². The van der Waals surface area contributed by atoms with Crippen molar-refractivity contribution in [3.63, 3.8) is 0 Å². The molecule has 1 amide bonds. The lowest BCUT2D eigenvalue weighted by molar-refractivity contribution is -0.112. The number of anilines is 1. The first-order valence-corrected chi connectivity index (χ1v) is 9.29. The molecule has 0 fully saturated rings. The van der Waals surface area contributed by atoms with Crippen LogP contribution in [0.25, 0.3) is 17.0 Å². The molecular formula is C22H17Cl2N3O. The minimum Gasteiger partial charge on any atom is -0.340 e. The number of benzene rings is 2. The molecule has 0 atom stereocenters. The maximum atomic E-state index is 12.7. The molecule has 0 spiro atoms. The van der Waals surface area contributed by atoms with Gasteiger partial charge < -0.3 is 9.88 Å². The molecule has 2 aromatic carbocycles. The van der Waals surface area contributed by atoms with Crippen LogP contribution in [-0.4, -0.2) is 10.5 Å². The Bertz CT molecular complexity index is 1150. The van der Waals surface area contributed by atoms with Gasteiger partial charge in [0.15, 0.2) is 0 Å². The van der Waals surface area contributed by atoms with Crippen LogP contribution in [0.4, 0.5) is 5.69 Å². The zero-order valence-electron chi connectivity index (χ0n) is 15.2.